The van der Waals surface area contributed by atoms with Gasteiger partial charge in [-0.2, -0.15) is 0 Å². The van der Waals surface area contributed by atoms with E-state index in [1.54, 1.807) is 0 Å². The van der Waals surface area contributed by atoms with Crippen molar-refractivity contribution < 1.29 is 4.43 Å². The van der Waals surface area contributed by atoms with Crippen LogP contribution in [0.2, 0.25) is 0 Å². The van der Waals surface area contributed by atoms with Crippen molar-refractivity contribution in [2.75, 3.05) is 0 Å². The maximum absolute atomic E-state index is 5.42. The Bertz CT molecular complexity index is 87.0. The molecule has 0 atom stereocenters. The molecule has 0 spiro atoms. The van der Waals surface area contributed by atoms with E-state index < -0.39 is 6.25 Å². The molecule has 0 aromatic carbocycles. The van der Waals surface area contributed by atoms with Crippen LogP contribution in [-0.2, 0) is 4.43 Å². The first-order chi connectivity index (χ1) is 3.58. The predicted molar refractivity (Wildman–Crippen MR) is 37.4 cm³/mol. The summed E-state index contributed by atoms with van der Waals surface area (Å²) < 4.78 is 4.98. The highest BCUT2D eigenvalue weighted by Gasteiger charge is 2.36. The van der Waals surface area contributed by atoms with Gasteiger partial charge in [0.2, 0.25) is 0 Å². The van der Waals surface area contributed by atoms with Gasteiger partial charge >= 0.3 is 6.25 Å². The molecule has 1 fully saturated rings. The first kappa shape index (κ1) is 7.16. The van der Waals surface area contributed by atoms with Crippen molar-refractivity contribution in [2.45, 2.75) is 18.9 Å². The van der Waals surface area contributed by atoms with Crippen LogP contribution in [-0.4, -0.2) is 12.4 Å². The topological polar surface area (TPSA) is 9.23 Å². The lowest BCUT2D eigenvalue weighted by molar-refractivity contribution is 0.320. The number of hydrogen-bond donors (Lipinski definition) is 0. The average molecular weight is 192 g/mol. The van der Waals surface area contributed by atoms with E-state index >= 15 is 0 Å². The monoisotopic (exact) mass is 190 g/mol. The minimum atomic E-state index is -2.74. The summed E-state index contributed by atoms with van der Waals surface area (Å²) in [4.78, 5) is 0. The Morgan fingerprint density at radius 2 is 1.75 bits per heavy atom. The van der Waals surface area contributed by atoms with Crippen molar-refractivity contribution in [3.8, 4) is 0 Å². The quantitative estimate of drug-likeness (QED) is 0.481. The second-order valence-electron chi connectivity index (χ2n) is 1.76. The fraction of sp³-hybridized carbons (Fsp3) is 1.00. The van der Waals surface area contributed by atoms with Gasteiger partial charge in [-0.15, -0.1) is 0 Å². The van der Waals surface area contributed by atoms with Crippen molar-refractivity contribution in [2.24, 2.45) is 0 Å². The third-order valence-electron chi connectivity index (χ3n) is 0.825. The van der Waals surface area contributed by atoms with Crippen LogP contribution in [0.15, 0.2) is 0 Å². The van der Waals surface area contributed by atoms with Gasteiger partial charge in [-0.05, 0) is 12.8 Å². The first-order valence-corrected chi connectivity index (χ1v) is 7.27. The minimum Gasteiger partial charge on any atom is -0.378 e. The lowest BCUT2D eigenvalue weighted by Gasteiger charge is -2.05. The lowest BCUT2D eigenvalue weighted by Crippen LogP contribution is -2.16. The van der Waals surface area contributed by atoms with Crippen LogP contribution in [0, 0.1) is 0 Å². The molecule has 0 aromatic heterocycles. The average Bonchev–Trinajstić information content (AvgIpc) is 2.12. The van der Waals surface area contributed by atoms with Crippen molar-refractivity contribution in [3.05, 3.63) is 0 Å². The molecule has 1 nitrogen and oxygen atoms in total. The van der Waals surface area contributed by atoms with Crippen molar-refractivity contribution in [1.29, 1.82) is 0 Å². The normalized spacial score (nSPS) is 21.4. The Morgan fingerprint density at radius 1 is 1.25 bits per heavy atom. The highest BCUT2D eigenvalue weighted by Crippen LogP contribution is 2.32. The van der Waals surface area contributed by atoms with E-state index in [1.165, 1.54) is 0 Å². The van der Waals surface area contributed by atoms with Crippen LogP contribution in [0.4, 0.5) is 0 Å². The third kappa shape index (κ3) is 3.15. The van der Waals surface area contributed by atoms with Gasteiger partial charge in [0.05, 0.1) is 0 Å². The van der Waals surface area contributed by atoms with Gasteiger partial charge in [0, 0.05) is 6.10 Å². The maximum Gasteiger partial charge on any atom is 0.494 e. The molecule has 0 amide bonds. The Morgan fingerprint density at radius 3 is 1.88 bits per heavy atom. The van der Waals surface area contributed by atoms with E-state index in [9.17, 15) is 0 Å². The van der Waals surface area contributed by atoms with E-state index in [4.69, 9.17) is 37.7 Å². The van der Waals surface area contributed by atoms with Gasteiger partial charge in [-0.3, -0.25) is 0 Å². The summed E-state index contributed by atoms with van der Waals surface area (Å²) in [6, 6.07) is 0. The molecule has 0 bridgehead atoms. The van der Waals surface area contributed by atoms with Crippen molar-refractivity contribution >= 4 is 39.5 Å². The minimum absolute atomic E-state index is 0.258. The summed E-state index contributed by atoms with van der Waals surface area (Å²) in [6.45, 7) is 0. The van der Waals surface area contributed by atoms with Crippen LogP contribution in [0.1, 0.15) is 12.8 Å². The Kier molecular flexibility index (Phi) is 2.10. The summed E-state index contributed by atoms with van der Waals surface area (Å²) in [7, 11) is 0. The van der Waals surface area contributed by atoms with Gasteiger partial charge in [-0.1, -0.05) is 33.2 Å². The highest BCUT2D eigenvalue weighted by molar-refractivity contribution is 7.62. The molecule has 0 radical (unpaired) electrons. The molecule has 1 aliphatic carbocycles. The third-order valence-corrected chi connectivity index (χ3v) is 2.23. The molecule has 5 heteroatoms. The molecule has 8 heavy (non-hydrogen) atoms. The molecule has 0 saturated heterocycles. The van der Waals surface area contributed by atoms with Gasteiger partial charge in [-0.25, -0.2) is 0 Å². The molecule has 0 heterocycles. The lowest BCUT2D eigenvalue weighted by atomic mass is 10.9. The summed E-state index contributed by atoms with van der Waals surface area (Å²) in [5.74, 6) is 0. The number of hydrogen-bond acceptors (Lipinski definition) is 1. The van der Waals surface area contributed by atoms with Crippen LogP contribution >= 0.6 is 33.2 Å². The molecule has 48 valence electrons. The largest absolute Gasteiger partial charge is 0.494 e. The molecule has 0 aromatic rings. The van der Waals surface area contributed by atoms with Crippen LogP contribution in [0.3, 0.4) is 0 Å². The zero-order valence-electron chi connectivity index (χ0n) is 4.03. The fourth-order valence-electron chi connectivity index (χ4n) is 0.375. The van der Waals surface area contributed by atoms with Crippen molar-refractivity contribution in [1.82, 2.24) is 0 Å². The van der Waals surface area contributed by atoms with E-state index in [2.05, 4.69) is 0 Å². The molecule has 1 rings (SSSR count). The smallest absolute Gasteiger partial charge is 0.378 e. The second kappa shape index (κ2) is 2.35. The van der Waals surface area contributed by atoms with E-state index in [0.717, 1.165) is 12.8 Å². The number of halogens is 3. The number of rotatable bonds is 2. The summed E-state index contributed by atoms with van der Waals surface area (Å²) in [5.41, 5.74) is 0. The summed E-state index contributed by atoms with van der Waals surface area (Å²) in [5, 5.41) is 0. The Labute approximate surface area is 63.1 Å². The van der Waals surface area contributed by atoms with Gasteiger partial charge < -0.3 is 4.43 Å². The maximum atomic E-state index is 5.42. The molecule has 0 unspecified atom stereocenters. The summed E-state index contributed by atoms with van der Waals surface area (Å²) in [6.07, 6.45) is -0.370. The fourth-order valence-corrected chi connectivity index (χ4v) is 2.12. The Hall–Kier alpha value is 1.05. The highest BCUT2D eigenvalue weighted by atomic mass is 35.8. The van der Waals surface area contributed by atoms with E-state index in [0.29, 0.717) is 0 Å². The second-order valence-corrected chi connectivity index (χ2v) is 9.42. The summed E-state index contributed by atoms with van der Waals surface area (Å²) >= 11 is 16.2. The first-order valence-electron chi connectivity index (χ1n) is 2.32. The van der Waals surface area contributed by atoms with Crippen LogP contribution < -0.4 is 0 Å². The van der Waals surface area contributed by atoms with E-state index in [1.807, 2.05) is 0 Å². The Balaban J connectivity index is 2.16. The molecule has 0 N–H and O–H groups in total. The SMILES string of the molecule is Cl[Si](Cl)(Cl)OC1CC1. The molecule has 1 saturated carbocycles. The van der Waals surface area contributed by atoms with Gasteiger partial charge in [0.25, 0.3) is 0 Å². The van der Waals surface area contributed by atoms with Gasteiger partial charge in [0.15, 0.2) is 0 Å². The molecule has 0 aliphatic heterocycles. The van der Waals surface area contributed by atoms with E-state index in [-0.39, 0.29) is 6.10 Å². The van der Waals surface area contributed by atoms with Gasteiger partial charge in [0.1, 0.15) is 0 Å². The van der Waals surface area contributed by atoms with Crippen molar-refractivity contribution in [3.63, 3.8) is 0 Å². The zero-order valence-corrected chi connectivity index (χ0v) is 7.30. The molecule has 1 aliphatic rings. The molecular weight excluding hydrogens is 186 g/mol. The predicted octanol–water partition coefficient (Wildman–Crippen LogP) is 2.32. The van der Waals surface area contributed by atoms with Crippen LogP contribution in [0.5, 0.6) is 0 Å². The molecular formula is C3H5Cl3OSi. The standard InChI is InChI=1S/C3H5Cl3OSi/c4-8(5,6)7-3-1-2-3/h3H,1-2H2. The zero-order chi connectivity index (χ0) is 6.20. The van der Waals surface area contributed by atoms with Crippen LogP contribution in [0.25, 0.3) is 0 Å².